The molecule has 19 heavy (non-hydrogen) atoms. The van der Waals surface area contributed by atoms with Gasteiger partial charge in [-0.15, -0.1) is 0 Å². The fraction of sp³-hybridized carbons (Fsp3) is 0.727. The van der Waals surface area contributed by atoms with E-state index < -0.39 is 10.2 Å². The van der Waals surface area contributed by atoms with Gasteiger partial charge >= 0.3 is 0 Å². The molecule has 108 valence electrons. The summed E-state index contributed by atoms with van der Waals surface area (Å²) in [5.41, 5.74) is 0. The summed E-state index contributed by atoms with van der Waals surface area (Å²) in [5.74, 6) is 0.616. The van der Waals surface area contributed by atoms with E-state index in [9.17, 15) is 8.42 Å². The number of hydrogen-bond acceptors (Lipinski definition) is 4. The van der Waals surface area contributed by atoms with Crippen LogP contribution in [-0.4, -0.2) is 48.9 Å². The minimum Gasteiger partial charge on any atom is -0.347 e. The molecule has 1 aliphatic rings. The summed E-state index contributed by atoms with van der Waals surface area (Å²) in [6, 6.07) is 0.0350. The highest BCUT2D eigenvalue weighted by atomic mass is 32.2. The van der Waals surface area contributed by atoms with E-state index >= 15 is 0 Å². The summed E-state index contributed by atoms with van der Waals surface area (Å²) in [5, 5.41) is 3.06. The van der Waals surface area contributed by atoms with Crippen LogP contribution in [0.2, 0.25) is 0 Å². The molecule has 1 aromatic heterocycles. The topological polar surface area (TPSA) is 90.1 Å². The van der Waals surface area contributed by atoms with E-state index in [2.05, 4.69) is 20.0 Å². The van der Waals surface area contributed by atoms with Gasteiger partial charge in [-0.2, -0.15) is 17.4 Å². The SMILES string of the molecule is CNCC1CCCCN1S(=O)(=O)NCc1ncc[nH]1. The molecule has 2 rings (SSSR count). The summed E-state index contributed by atoms with van der Waals surface area (Å²) < 4.78 is 28.8. The molecule has 1 aromatic rings. The van der Waals surface area contributed by atoms with Crippen molar-refractivity contribution in [3.8, 4) is 0 Å². The Balaban J connectivity index is 2.00. The Labute approximate surface area is 114 Å². The molecule has 0 radical (unpaired) electrons. The molecule has 2 heterocycles. The number of aromatic nitrogens is 2. The lowest BCUT2D eigenvalue weighted by atomic mass is 10.1. The first-order valence-electron chi connectivity index (χ1n) is 6.53. The van der Waals surface area contributed by atoms with Crippen LogP contribution in [0.5, 0.6) is 0 Å². The quantitative estimate of drug-likeness (QED) is 0.677. The summed E-state index contributed by atoms with van der Waals surface area (Å²) in [6.07, 6.45) is 6.18. The van der Waals surface area contributed by atoms with Crippen LogP contribution in [-0.2, 0) is 16.8 Å². The largest absolute Gasteiger partial charge is 0.347 e. The van der Waals surface area contributed by atoms with Crippen molar-refractivity contribution in [2.24, 2.45) is 0 Å². The molecule has 3 N–H and O–H groups in total. The highest BCUT2D eigenvalue weighted by Gasteiger charge is 2.31. The highest BCUT2D eigenvalue weighted by molar-refractivity contribution is 7.87. The van der Waals surface area contributed by atoms with Crippen LogP contribution < -0.4 is 10.0 Å². The van der Waals surface area contributed by atoms with Crippen LogP contribution in [0.1, 0.15) is 25.1 Å². The maximum Gasteiger partial charge on any atom is 0.280 e. The van der Waals surface area contributed by atoms with E-state index in [1.165, 1.54) is 0 Å². The van der Waals surface area contributed by atoms with Gasteiger partial charge in [0.05, 0.1) is 6.54 Å². The second-order valence-electron chi connectivity index (χ2n) is 4.68. The third kappa shape index (κ3) is 3.75. The molecule has 1 unspecified atom stereocenters. The molecule has 1 aliphatic heterocycles. The van der Waals surface area contributed by atoms with Crippen molar-refractivity contribution in [3.63, 3.8) is 0 Å². The first-order valence-corrected chi connectivity index (χ1v) is 7.97. The average Bonchev–Trinajstić information content (AvgIpc) is 2.91. The lowest BCUT2D eigenvalue weighted by Gasteiger charge is -2.34. The number of nitrogens with one attached hydrogen (secondary N) is 3. The van der Waals surface area contributed by atoms with Crippen molar-refractivity contribution < 1.29 is 8.42 Å². The summed E-state index contributed by atoms with van der Waals surface area (Å²) in [7, 11) is -1.60. The number of likely N-dealkylation sites (N-methyl/N-ethyl adjacent to an activating group) is 1. The normalized spacial score (nSPS) is 21.6. The van der Waals surface area contributed by atoms with E-state index in [4.69, 9.17) is 0 Å². The number of hydrogen-bond donors (Lipinski definition) is 3. The zero-order valence-electron chi connectivity index (χ0n) is 11.1. The molecular formula is C11H21N5O2S. The molecule has 1 atom stereocenters. The summed E-state index contributed by atoms with van der Waals surface area (Å²) >= 11 is 0. The first kappa shape index (κ1) is 14.4. The predicted molar refractivity (Wildman–Crippen MR) is 72.6 cm³/mol. The molecule has 8 heteroatoms. The van der Waals surface area contributed by atoms with Crippen LogP contribution in [0, 0.1) is 0 Å². The van der Waals surface area contributed by atoms with E-state index in [-0.39, 0.29) is 12.6 Å². The van der Waals surface area contributed by atoms with Gasteiger partial charge in [-0.3, -0.25) is 0 Å². The fourth-order valence-corrected chi connectivity index (χ4v) is 3.79. The summed E-state index contributed by atoms with van der Waals surface area (Å²) in [6.45, 7) is 1.46. The Kier molecular flexibility index (Phi) is 4.92. The molecule has 0 amide bonds. The molecule has 0 aromatic carbocycles. The van der Waals surface area contributed by atoms with Crippen molar-refractivity contribution in [2.75, 3.05) is 20.1 Å². The number of H-pyrrole nitrogens is 1. The van der Waals surface area contributed by atoms with Crippen LogP contribution >= 0.6 is 0 Å². The van der Waals surface area contributed by atoms with Crippen molar-refractivity contribution in [3.05, 3.63) is 18.2 Å². The van der Waals surface area contributed by atoms with Gasteiger partial charge in [-0.25, -0.2) is 4.98 Å². The van der Waals surface area contributed by atoms with Crippen molar-refractivity contribution in [2.45, 2.75) is 31.8 Å². The molecule has 0 bridgehead atoms. The van der Waals surface area contributed by atoms with Crippen molar-refractivity contribution in [1.82, 2.24) is 24.3 Å². The Morgan fingerprint density at radius 2 is 2.37 bits per heavy atom. The van der Waals surface area contributed by atoms with Gasteiger partial charge in [0.15, 0.2) is 0 Å². The minimum absolute atomic E-state index is 0.0350. The van der Waals surface area contributed by atoms with Crippen molar-refractivity contribution >= 4 is 10.2 Å². The lowest BCUT2D eigenvalue weighted by Crippen LogP contribution is -2.51. The molecule has 7 nitrogen and oxygen atoms in total. The van der Waals surface area contributed by atoms with Crippen LogP contribution in [0.3, 0.4) is 0 Å². The Morgan fingerprint density at radius 3 is 3.05 bits per heavy atom. The highest BCUT2D eigenvalue weighted by Crippen LogP contribution is 2.19. The monoisotopic (exact) mass is 287 g/mol. The Morgan fingerprint density at radius 1 is 1.53 bits per heavy atom. The smallest absolute Gasteiger partial charge is 0.280 e. The zero-order valence-corrected chi connectivity index (χ0v) is 11.9. The molecular weight excluding hydrogens is 266 g/mol. The van der Waals surface area contributed by atoms with E-state index in [1.807, 2.05) is 7.05 Å². The van der Waals surface area contributed by atoms with Crippen molar-refractivity contribution in [1.29, 1.82) is 0 Å². The van der Waals surface area contributed by atoms with E-state index in [0.717, 1.165) is 19.3 Å². The third-order valence-corrected chi connectivity index (χ3v) is 4.91. The predicted octanol–water partition coefficient (Wildman–Crippen LogP) is -0.182. The summed E-state index contributed by atoms with van der Waals surface area (Å²) in [4.78, 5) is 6.89. The van der Waals surface area contributed by atoms with E-state index in [1.54, 1.807) is 16.7 Å². The van der Waals surface area contributed by atoms with Crippen LogP contribution in [0.4, 0.5) is 0 Å². The zero-order chi connectivity index (χ0) is 13.7. The Hall–Kier alpha value is -0.960. The van der Waals surface area contributed by atoms with Gasteiger partial charge < -0.3 is 10.3 Å². The van der Waals surface area contributed by atoms with Crippen LogP contribution in [0.25, 0.3) is 0 Å². The first-order chi connectivity index (χ1) is 9.13. The molecule has 0 spiro atoms. The second-order valence-corrected chi connectivity index (χ2v) is 6.39. The Bertz CT molecular complexity index is 471. The van der Waals surface area contributed by atoms with Gasteiger partial charge in [0.1, 0.15) is 5.82 Å². The number of piperidine rings is 1. The number of imidazole rings is 1. The lowest BCUT2D eigenvalue weighted by molar-refractivity contribution is 0.246. The molecule has 1 fully saturated rings. The van der Waals surface area contributed by atoms with Gasteiger partial charge in [0.2, 0.25) is 0 Å². The average molecular weight is 287 g/mol. The maximum atomic E-state index is 12.3. The number of nitrogens with zero attached hydrogens (tertiary/aromatic N) is 2. The minimum atomic E-state index is -3.45. The van der Waals surface area contributed by atoms with Gasteiger partial charge in [0, 0.05) is 31.5 Å². The van der Waals surface area contributed by atoms with Gasteiger partial charge in [-0.1, -0.05) is 6.42 Å². The van der Waals surface area contributed by atoms with Gasteiger partial charge in [-0.05, 0) is 19.9 Å². The molecule has 0 saturated carbocycles. The standard InChI is InChI=1S/C11H21N5O2S/c1-12-8-10-4-2-3-7-16(10)19(17,18)15-9-11-13-5-6-14-11/h5-6,10,12,15H,2-4,7-9H2,1H3,(H,13,14). The fourth-order valence-electron chi connectivity index (χ4n) is 2.37. The van der Waals surface area contributed by atoms with E-state index in [0.29, 0.717) is 18.9 Å². The van der Waals surface area contributed by atoms with Gasteiger partial charge in [0.25, 0.3) is 10.2 Å². The van der Waals surface area contributed by atoms with Crippen LogP contribution in [0.15, 0.2) is 12.4 Å². The number of rotatable bonds is 6. The molecule has 0 aliphatic carbocycles. The third-order valence-electron chi connectivity index (χ3n) is 3.30. The second kappa shape index (κ2) is 6.47. The maximum absolute atomic E-state index is 12.3. The number of aromatic amines is 1. The molecule has 1 saturated heterocycles.